The lowest BCUT2D eigenvalue weighted by Crippen LogP contribution is -2.19. The van der Waals surface area contributed by atoms with Gasteiger partial charge in [0.15, 0.2) is 10.8 Å². The molecule has 1 aliphatic rings. The average molecular weight is 396 g/mol. The second-order valence-corrected chi connectivity index (χ2v) is 7.26. The Kier molecular flexibility index (Phi) is 4.39. The number of fused-ring (bicyclic) bond motifs is 3. The van der Waals surface area contributed by atoms with Gasteiger partial charge in [0, 0.05) is 16.9 Å². The number of ether oxygens (including phenoxy) is 1. The Balaban J connectivity index is 1.76. The van der Waals surface area contributed by atoms with Gasteiger partial charge in [-0.2, -0.15) is 18.3 Å². The fourth-order valence-electron chi connectivity index (χ4n) is 2.91. The summed E-state index contributed by atoms with van der Waals surface area (Å²) in [4.78, 5) is 9.42. The van der Waals surface area contributed by atoms with E-state index in [-0.39, 0.29) is 5.82 Å². The zero-order valence-corrected chi connectivity index (χ0v) is 15.0. The lowest BCUT2D eigenvalue weighted by atomic mass is 10.0. The maximum absolute atomic E-state index is 12.8. The second-order valence-electron chi connectivity index (χ2n) is 6.18. The number of rotatable bonds is 3. The van der Waals surface area contributed by atoms with Gasteiger partial charge in [-0.25, -0.2) is 14.6 Å². The number of halogens is 3. The molecule has 1 unspecified atom stereocenters. The monoisotopic (exact) mass is 396 g/mol. The molecule has 142 valence electrons. The molecule has 1 N–H and O–H groups in total. The Bertz CT molecular complexity index is 981. The van der Waals surface area contributed by atoms with Crippen LogP contribution in [-0.4, -0.2) is 37.6 Å². The number of aliphatic hydroxyl groups excluding tert-OH is 1. The summed E-state index contributed by atoms with van der Waals surface area (Å²) in [6.45, 7) is 0.864. The summed E-state index contributed by atoms with van der Waals surface area (Å²) in [5.74, 6) is 0.689. The van der Waals surface area contributed by atoms with Crippen molar-refractivity contribution >= 4 is 11.3 Å². The summed E-state index contributed by atoms with van der Waals surface area (Å²) in [6.07, 6.45) is -3.35. The minimum absolute atomic E-state index is 0.0912. The van der Waals surface area contributed by atoms with E-state index in [1.807, 2.05) is 6.07 Å². The molecule has 0 saturated carbocycles. The fraction of sp³-hybridized carbons (Fsp3) is 0.353. The van der Waals surface area contributed by atoms with Crippen LogP contribution in [0, 0.1) is 0 Å². The van der Waals surface area contributed by atoms with Crippen LogP contribution < -0.4 is 4.74 Å². The SMILES string of the molecule is CC(O)c1ccc2c(c1)OCCc1sc(-c3ncnn3CC(F)(F)F)nc1-2. The Hall–Kier alpha value is -2.46. The Morgan fingerprint density at radius 2 is 2.19 bits per heavy atom. The van der Waals surface area contributed by atoms with Crippen LogP contribution in [-0.2, 0) is 13.0 Å². The Morgan fingerprint density at radius 1 is 1.37 bits per heavy atom. The first kappa shape index (κ1) is 17.9. The van der Waals surface area contributed by atoms with Gasteiger partial charge in [0.1, 0.15) is 18.6 Å². The molecule has 0 amide bonds. The molecule has 0 spiro atoms. The maximum atomic E-state index is 12.8. The van der Waals surface area contributed by atoms with Crippen molar-refractivity contribution in [2.45, 2.75) is 32.2 Å². The van der Waals surface area contributed by atoms with E-state index < -0.39 is 18.8 Å². The first-order valence-corrected chi connectivity index (χ1v) is 9.03. The minimum Gasteiger partial charge on any atom is -0.492 e. The number of aliphatic hydroxyl groups is 1. The molecule has 4 rings (SSSR count). The molecular formula is C17H15F3N4O2S. The van der Waals surface area contributed by atoms with Gasteiger partial charge in [0.2, 0.25) is 0 Å². The summed E-state index contributed by atoms with van der Waals surface area (Å²) in [5.41, 5.74) is 2.13. The van der Waals surface area contributed by atoms with E-state index in [9.17, 15) is 18.3 Å². The molecule has 0 bridgehead atoms. The highest BCUT2D eigenvalue weighted by Crippen LogP contribution is 2.41. The number of hydrogen-bond acceptors (Lipinski definition) is 6. The van der Waals surface area contributed by atoms with E-state index in [2.05, 4.69) is 15.1 Å². The zero-order valence-electron chi connectivity index (χ0n) is 14.2. The number of aromatic nitrogens is 4. The highest BCUT2D eigenvalue weighted by atomic mass is 32.1. The van der Waals surface area contributed by atoms with Crippen molar-refractivity contribution < 1.29 is 23.0 Å². The highest BCUT2D eigenvalue weighted by molar-refractivity contribution is 7.15. The summed E-state index contributed by atoms with van der Waals surface area (Å²) < 4.78 is 44.8. The highest BCUT2D eigenvalue weighted by Gasteiger charge is 2.31. The van der Waals surface area contributed by atoms with E-state index >= 15 is 0 Å². The number of alkyl halides is 3. The second kappa shape index (κ2) is 6.61. The Labute approximate surface area is 156 Å². The molecular weight excluding hydrogens is 381 g/mol. The van der Waals surface area contributed by atoms with E-state index in [4.69, 9.17) is 4.74 Å². The van der Waals surface area contributed by atoms with Gasteiger partial charge in [-0.3, -0.25) is 0 Å². The van der Waals surface area contributed by atoms with Crippen molar-refractivity contribution in [2.75, 3.05) is 6.61 Å². The quantitative estimate of drug-likeness (QED) is 0.732. The van der Waals surface area contributed by atoms with Crippen molar-refractivity contribution in [1.82, 2.24) is 19.7 Å². The number of thiazole rings is 1. The van der Waals surface area contributed by atoms with Gasteiger partial charge < -0.3 is 9.84 Å². The van der Waals surface area contributed by atoms with E-state index in [0.29, 0.717) is 29.5 Å². The van der Waals surface area contributed by atoms with Gasteiger partial charge in [-0.05, 0) is 24.6 Å². The molecule has 0 aliphatic carbocycles. The van der Waals surface area contributed by atoms with Crippen LogP contribution in [0.15, 0.2) is 24.5 Å². The predicted octanol–water partition coefficient (Wildman–Crippen LogP) is 3.62. The van der Waals surface area contributed by atoms with Gasteiger partial charge in [-0.15, -0.1) is 11.3 Å². The smallest absolute Gasteiger partial charge is 0.408 e. The average Bonchev–Trinajstić information content (AvgIpc) is 3.16. The largest absolute Gasteiger partial charge is 0.492 e. The van der Waals surface area contributed by atoms with Crippen molar-refractivity contribution in [1.29, 1.82) is 0 Å². The third-order valence-corrected chi connectivity index (χ3v) is 5.27. The number of benzene rings is 1. The number of hydrogen-bond donors (Lipinski definition) is 1. The minimum atomic E-state index is -4.39. The first-order valence-electron chi connectivity index (χ1n) is 8.21. The normalized spacial score (nSPS) is 14.9. The van der Waals surface area contributed by atoms with Crippen molar-refractivity contribution in [3.8, 4) is 27.8 Å². The maximum Gasteiger partial charge on any atom is 0.408 e. The predicted molar refractivity (Wildman–Crippen MR) is 92.5 cm³/mol. The van der Waals surface area contributed by atoms with Crippen molar-refractivity contribution in [3.05, 3.63) is 35.0 Å². The van der Waals surface area contributed by atoms with Crippen molar-refractivity contribution in [2.24, 2.45) is 0 Å². The molecule has 2 aromatic heterocycles. The van der Waals surface area contributed by atoms with Gasteiger partial charge in [0.25, 0.3) is 0 Å². The Morgan fingerprint density at radius 3 is 2.93 bits per heavy atom. The van der Waals surface area contributed by atoms with Gasteiger partial charge >= 0.3 is 6.18 Å². The first-order chi connectivity index (χ1) is 12.8. The van der Waals surface area contributed by atoms with Gasteiger partial charge in [-0.1, -0.05) is 6.07 Å². The molecule has 3 aromatic rings. The lowest BCUT2D eigenvalue weighted by molar-refractivity contribution is -0.142. The van der Waals surface area contributed by atoms with Crippen LogP contribution in [0.25, 0.3) is 22.1 Å². The standard InChI is InChI=1S/C17H15F3N4O2S/c1-9(25)10-2-3-11-12(6-10)26-5-4-13-14(11)23-16(27-13)15-21-8-22-24(15)7-17(18,19)20/h2-3,6,8-9,25H,4-5,7H2,1H3. The summed E-state index contributed by atoms with van der Waals surface area (Å²) in [5, 5.41) is 13.8. The third-order valence-electron chi connectivity index (χ3n) is 4.16. The van der Waals surface area contributed by atoms with E-state index in [1.54, 1.807) is 19.1 Å². The summed E-state index contributed by atoms with van der Waals surface area (Å²) in [6, 6.07) is 5.36. The zero-order chi connectivity index (χ0) is 19.2. The molecule has 3 heterocycles. The third kappa shape index (κ3) is 3.54. The molecule has 0 saturated heterocycles. The van der Waals surface area contributed by atoms with Gasteiger partial charge in [0.05, 0.1) is 18.4 Å². The molecule has 6 nitrogen and oxygen atoms in total. The number of nitrogens with zero attached hydrogens (tertiary/aromatic N) is 4. The molecule has 27 heavy (non-hydrogen) atoms. The van der Waals surface area contributed by atoms with Crippen LogP contribution in [0.1, 0.15) is 23.5 Å². The van der Waals surface area contributed by atoms with E-state index in [1.165, 1.54) is 11.3 Å². The van der Waals surface area contributed by atoms with Crippen LogP contribution in [0.2, 0.25) is 0 Å². The van der Waals surface area contributed by atoms with Crippen LogP contribution in [0.5, 0.6) is 5.75 Å². The topological polar surface area (TPSA) is 73.1 Å². The molecule has 1 atom stereocenters. The summed E-state index contributed by atoms with van der Waals surface area (Å²) in [7, 11) is 0. The molecule has 1 aromatic carbocycles. The van der Waals surface area contributed by atoms with Crippen LogP contribution >= 0.6 is 11.3 Å². The molecule has 1 aliphatic heterocycles. The van der Waals surface area contributed by atoms with Crippen LogP contribution in [0.4, 0.5) is 13.2 Å². The van der Waals surface area contributed by atoms with Crippen LogP contribution in [0.3, 0.4) is 0 Å². The summed E-state index contributed by atoms with van der Waals surface area (Å²) >= 11 is 1.29. The molecule has 10 heteroatoms. The van der Waals surface area contributed by atoms with Crippen molar-refractivity contribution in [3.63, 3.8) is 0 Å². The lowest BCUT2D eigenvalue weighted by Gasteiger charge is -2.11. The fourth-order valence-corrected chi connectivity index (χ4v) is 3.97. The molecule has 0 fully saturated rings. The molecule has 0 radical (unpaired) electrons. The van der Waals surface area contributed by atoms with E-state index in [0.717, 1.165) is 27.0 Å².